The molecule has 36 heavy (non-hydrogen) atoms. The van der Waals surface area contributed by atoms with Crippen LogP contribution in [0, 0.1) is 5.82 Å². The fraction of sp³-hybridized carbons (Fsp3) is 0.111. The zero-order valence-corrected chi connectivity index (χ0v) is 19.9. The molecule has 3 aromatic carbocycles. The van der Waals surface area contributed by atoms with Crippen LogP contribution < -0.4 is 10.9 Å². The largest absolute Gasteiger partial charge is 0.325 e. The van der Waals surface area contributed by atoms with E-state index >= 15 is 0 Å². The molecule has 9 heteroatoms. The number of carbonyl (C=O) groups is 2. The molecule has 5 aromatic rings. The van der Waals surface area contributed by atoms with Crippen LogP contribution in [0.5, 0.6) is 0 Å². The maximum absolute atomic E-state index is 14.1. The van der Waals surface area contributed by atoms with Gasteiger partial charge in [0, 0.05) is 21.7 Å². The summed E-state index contributed by atoms with van der Waals surface area (Å²) in [5, 5.41) is 3.71. The van der Waals surface area contributed by atoms with E-state index in [0.29, 0.717) is 32.7 Å². The number of fused-ring (bicyclic) bond motifs is 3. The molecule has 2 aromatic heterocycles. The van der Waals surface area contributed by atoms with Gasteiger partial charge < -0.3 is 9.88 Å². The Kier molecular flexibility index (Phi) is 6.12. The van der Waals surface area contributed by atoms with Crippen LogP contribution in [0.1, 0.15) is 22.8 Å². The van der Waals surface area contributed by atoms with Crippen LogP contribution in [0.25, 0.3) is 21.9 Å². The highest BCUT2D eigenvalue weighted by Gasteiger charge is 2.19. The van der Waals surface area contributed by atoms with E-state index in [0.717, 1.165) is 5.56 Å². The lowest BCUT2D eigenvalue weighted by atomic mass is 10.1. The highest BCUT2D eigenvalue weighted by atomic mass is 35.5. The zero-order chi connectivity index (χ0) is 25.4. The van der Waals surface area contributed by atoms with E-state index in [2.05, 4.69) is 10.3 Å². The third-order valence-corrected chi connectivity index (χ3v) is 6.31. The summed E-state index contributed by atoms with van der Waals surface area (Å²) in [6.45, 7) is 1.41. The van der Waals surface area contributed by atoms with E-state index in [1.54, 1.807) is 36.4 Å². The van der Waals surface area contributed by atoms with E-state index in [9.17, 15) is 18.8 Å². The second kappa shape index (κ2) is 9.39. The van der Waals surface area contributed by atoms with Gasteiger partial charge in [0.25, 0.3) is 5.56 Å². The highest BCUT2D eigenvalue weighted by molar-refractivity contribution is 6.31. The molecule has 0 aliphatic carbocycles. The number of halogens is 2. The molecule has 0 saturated heterocycles. The molecule has 1 N–H and O–H groups in total. The molecule has 0 fully saturated rings. The first-order valence-electron chi connectivity index (χ1n) is 11.1. The Bertz CT molecular complexity index is 1720. The predicted molar refractivity (Wildman–Crippen MR) is 137 cm³/mol. The number of ketones is 1. The van der Waals surface area contributed by atoms with Gasteiger partial charge >= 0.3 is 0 Å². The lowest BCUT2D eigenvalue weighted by Gasteiger charge is -2.11. The molecule has 2 heterocycles. The maximum atomic E-state index is 14.1. The number of carbonyl (C=O) groups excluding carboxylic acids is 2. The number of amides is 1. The molecule has 0 spiro atoms. The van der Waals surface area contributed by atoms with E-state index in [1.165, 1.54) is 40.6 Å². The summed E-state index contributed by atoms with van der Waals surface area (Å²) in [5.74, 6) is -1.02. The van der Waals surface area contributed by atoms with Gasteiger partial charge in [0.2, 0.25) is 5.91 Å². The standard InChI is InChI=1S/C27H20ClFN4O3/c1-16(34)17-6-4-7-20(11-17)31-24(35)14-33-23-10-9-19(29)12-21(23)25-26(33)27(36)32(15-30-25)13-18-5-2-3-8-22(18)28/h2-12,15H,13-14H2,1H3,(H,31,35). The van der Waals surface area contributed by atoms with Gasteiger partial charge in [-0.3, -0.25) is 19.0 Å². The molecule has 7 nitrogen and oxygen atoms in total. The van der Waals surface area contributed by atoms with E-state index in [4.69, 9.17) is 11.6 Å². The predicted octanol–water partition coefficient (Wildman–Crippen LogP) is 5.03. The third-order valence-electron chi connectivity index (χ3n) is 5.94. The van der Waals surface area contributed by atoms with Crippen molar-refractivity contribution in [1.82, 2.24) is 14.1 Å². The van der Waals surface area contributed by atoms with E-state index in [-0.39, 0.29) is 29.9 Å². The lowest BCUT2D eigenvalue weighted by Crippen LogP contribution is -2.25. The minimum atomic E-state index is -0.478. The van der Waals surface area contributed by atoms with Crippen molar-refractivity contribution in [1.29, 1.82) is 0 Å². The van der Waals surface area contributed by atoms with Gasteiger partial charge in [-0.1, -0.05) is 41.9 Å². The van der Waals surface area contributed by atoms with Crippen molar-refractivity contribution in [3.05, 3.63) is 105 Å². The second-order valence-corrected chi connectivity index (χ2v) is 8.81. The molecule has 180 valence electrons. The van der Waals surface area contributed by atoms with Crippen molar-refractivity contribution in [3.63, 3.8) is 0 Å². The topological polar surface area (TPSA) is 86.0 Å². The average molecular weight is 503 g/mol. The number of hydrogen-bond acceptors (Lipinski definition) is 4. The summed E-state index contributed by atoms with van der Waals surface area (Å²) in [6.07, 6.45) is 1.40. The fourth-order valence-corrected chi connectivity index (χ4v) is 4.42. The number of anilines is 1. The van der Waals surface area contributed by atoms with Crippen molar-refractivity contribution >= 4 is 50.9 Å². The van der Waals surface area contributed by atoms with Gasteiger partial charge in [-0.2, -0.15) is 0 Å². The van der Waals surface area contributed by atoms with Crippen molar-refractivity contribution in [2.75, 3.05) is 5.32 Å². The summed E-state index contributed by atoms with van der Waals surface area (Å²) in [7, 11) is 0. The minimum absolute atomic E-state index is 0.124. The number of nitrogens with one attached hydrogen (secondary N) is 1. The van der Waals surface area contributed by atoms with Crippen LogP contribution in [0.4, 0.5) is 10.1 Å². The van der Waals surface area contributed by atoms with E-state index in [1.807, 2.05) is 12.1 Å². The molecular formula is C27H20ClFN4O3. The molecule has 0 aliphatic heterocycles. The Morgan fingerprint density at radius 2 is 1.86 bits per heavy atom. The van der Waals surface area contributed by atoms with Crippen LogP contribution >= 0.6 is 11.6 Å². The van der Waals surface area contributed by atoms with Crippen LogP contribution in [-0.2, 0) is 17.9 Å². The number of rotatable bonds is 6. The van der Waals surface area contributed by atoms with Gasteiger partial charge in [-0.25, -0.2) is 9.37 Å². The molecule has 0 unspecified atom stereocenters. The van der Waals surface area contributed by atoms with Crippen molar-refractivity contribution in [3.8, 4) is 0 Å². The normalized spacial score (nSPS) is 11.2. The van der Waals surface area contributed by atoms with Gasteiger partial charge in [0.15, 0.2) is 5.78 Å². The fourth-order valence-electron chi connectivity index (χ4n) is 4.22. The summed E-state index contributed by atoms with van der Waals surface area (Å²) in [6, 6.07) is 17.8. The highest BCUT2D eigenvalue weighted by Crippen LogP contribution is 2.27. The van der Waals surface area contributed by atoms with Crippen molar-refractivity contribution in [2.24, 2.45) is 0 Å². The second-order valence-electron chi connectivity index (χ2n) is 8.40. The first-order valence-corrected chi connectivity index (χ1v) is 11.5. The monoisotopic (exact) mass is 502 g/mol. The first-order chi connectivity index (χ1) is 17.3. The molecule has 0 bridgehead atoms. The van der Waals surface area contributed by atoms with Gasteiger partial charge in [0.1, 0.15) is 23.4 Å². The first kappa shape index (κ1) is 23.4. The number of hydrogen-bond donors (Lipinski definition) is 1. The Labute approximate surface area is 209 Å². The van der Waals surface area contributed by atoms with E-state index < -0.39 is 11.7 Å². The smallest absolute Gasteiger partial charge is 0.278 e. The summed E-state index contributed by atoms with van der Waals surface area (Å²) >= 11 is 6.28. The summed E-state index contributed by atoms with van der Waals surface area (Å²) in [5.41, 5.74) is 2.25. The van der Waals surface area contributed by atoms with Gasteiger partial charge in [0.05, 0.1) is 18.4 Å². The number of Topliss-reactive ketones (excluding diaryl/α,β-unsaturated/α-hetero) is 1. The van der Waals surface area contributed by atoms with Gasteiger partial charge in [-0.05, 0) is 48.9 Å². The number of nitrogens with zero attached hydrogens (tertiary/aromatic N) is 3. The maximum Gasteiger partial charge on any atom is 0.278 e. The van der Waals surface area contributed by atoms with Gasteiger partial charge in [-0.15, -0.1) is 0 Å². The molecule has 0 atom stereocenters. The summed E-state index contributed by atoms with van der Waals surface area (Å²) in [4.78, 5) is 42.7. The Balaban J connectivity index is 1.58. The summed E-state index contributed by atoms with van der Waals surface area (Å²) < 4.78 is 17.0. The molecular weight excluding hydrogens is 483 g/mol. The van der Waals surface area contributed by atoms with Crippen molar-refractivity contribution in [2.45, 2.75) is 20.0 Å². The Morgan fingerprint density at radius 1 is 1.06 bits per heavy atom. The minimum Gasteiger partial charge on any atom is -0.325 e. The molecule has 5 rings (SSSR count). The average Bonchev–Trinajstić information content (AvgIpc) is 3.15. The molecule has 1 amide bonds. The third kappa shape index (κ3) is 4.38. The van der Waals surface area contributed by atoms with Crippen LogP contribution in [0.2, 0.25) is 5.02 Å². The zero-order valence-electron chi connectivity index (χ0n) is 19.2. The molecule has 0 saturated carbocycles. The lowest BCUT2D eigenvalue weighted by molar-refractivity contribution is -0.116. The Morgan fingerprint density at radius 3 is 2.64 bits per heavy atom. The van der Waals surface area contributed by atoms with Crippen LogP contribution in [0.15, 0.2) is 77.9 Å². The number of benzene rings is 3. The Hall–Kier alpha value is -4.30. The van der Waals surface area contributed by atoms with Crippen LogP contribution in [-0.4, -0.2) is 25.8 Å². The number of aromatic nitrogens is 3. The molecule has 0 radical (unpaired) electrons. The van der Waals surface area contributed by atoms with Crippen molar-refractivity contribution < 1.29 is 14.0 Å². The SMILES string of the molecule is CC(=O)c1cccc(NC(=O)Cn2c3ccc(F)cc3c3ncn(Cc4ccccc4Cl)c(=O)c32)c1. The quantitative estimate of drug-likeness (QED) is 0.330. The van der Waals surface area contributed by atoms with Crippen LogP contribution in [0.3, 0.4) is 0 Å². The molecule has 0 aliphatic rings.